The van der Waals surface area contributed by atoms with E-state index in [1.807, 2.05) is 6.92 Å². The molecule has 0 aliphatic rings. The zero-order valence-corrected chi connectivity index (χ0v) is 10.9. The fourth-order valence-electron chi connectivity index (χ4n) is 1.20. The highest BCUT2D eigenvalue weighted by Gasteiger charge is 2.09. The third kappa shape index (κ3) is 5.01. The number of carbonyl (C=O) groups is 1. The van der Waals surface area contributed by atoms with Crippen LogP contribution in [0.2, 0.25) is 0 Å². The summed E-state index contributed by atoms with van der Waals surface area (Å²) >= 11 is 1.37. The number of hydrogen-bond acceptors (Lipinski definition) is 3. The summed E-state index contributed by atoms with van der Waals surface area (Å²) < 4.78 is 26.1. The highest BCUT2D eigenvalue weighted by molar-refractivity contribution is 8.00. The SMILES string of the molecule is CCC(N)CSCC(=O)Nc1cc(F)ccc1F. The molecule has 0 bridgehead atoms. The van der Waals surface area contributed by atoms with E-state index in [0.717, 1.165) is 24.6 Å². The van der Waals surface area contributed by atoms with Crippen LogP contribution in [-0.4, -0.2) is 23.5 Å². The number of rotatable bonds is 6. The molecule has 3 N–H and O–H groups in total. The maximum Gasteiger partial charge on any atom is 0.234 e. The molecular weight excluding hydrogens is 258 g/mol. The predicted molar refractivity (Wildman–Crippen MR) is 70.6 cm³/mol. The summed E-state index contributed by atoms with van der Waals surface area (Å²) in [4.78, 5) is 11.5. The monoisotopic (exact) mass is 274 g/mol. The molecule has 1 aromatic carbocycles. The number of benzene rings is 1. The summed E-state index contributed by atoms with van der Waals surface area (Å²) in [5.74, 6) is -0.778. The lowest BCUT2D eigenvalue weighted by Gasteiger charge is -2.09. The van der Waals surface area contributed by atoms with Gasteiger partial charge in [-0.25, -0.2) is 8.78 Å². The minimum absolute atomic E-state index is 0.0497. The van der Waals surface area contributed by atoms with E-state index < -0.39 is 11.6 Å². The molecule has 0 saturated heterocycles. The quantitative estimate of drug-likeness (QED) is 0.837. The molecule has 1 rings (SSSR count). The van der Waals surface area contributed by atoms with Gasteiger partial charge < -0.3 is 11.1 Å². The molecule has 0 aromatic heterocycles. The molecule has 0 radical (unpaired) electrons. The Balaban J connectivity index is 2.42. The van der Waals surface area contributed by atoms with Crippen LogP contribution < -0.4 is 11.1 Å². The van der Waals surface area contributed by atoms with Gasteiger partial charge in [0.15, 0.2) is 0 Å². The number of anilines is 1. The van der Waals surface area contributed by atoms with Crippen LogP contribution in [0.4, 0.5) is 14.5 Å². The molecule has 0 heterocycles. The van der Waals surface area contributed by atoms with Gasteiger partial charge in [0.25, 0.3) is 0 Å². The molecule has 0 aliphatic heterocycles. The fraction of sp³-hybridized carbons (Fsp3) is 0.417. The van der Waals surface area contributed by atoms with Gasteiger partial charge in [0.2, 0.25) is 5.91 Å². The molecule has 0 aliphatic carbocycles. The normalized spacial score (nSPS) is 12.2. The lowest BCUT2D eigenvalue weighted by molar-refractivity contribution is -0.113. The smallest absolute Gasteiger partial charge is 0.234 e. The molecular formula is C12H16F2N2OS. The Morgan fingerprint density at radius 2 is 2.22 bits per heavy atom. The largest absolute Gasteiger partial charge is 0.327 e. The standard InChI is InChI=1S/C12H16F2N2OS/c1-2-9(15)6-18-7-12(17)16-11-5-8(13)3-4-10(11)14/h3-5,9H,2,6-7,15H2,1H3,(H,16,17). The molecule has 1 amide bonds. The Bertz CT molecular complexity index is 415. The lowest BCUT2D eigenvalue weighted by atomic mass is 10.3. The summed E-state index contributed by atoms with van der Waals surface area (Å²) in [5, 5.41) is 2.33. The van der Waals surface area contributed by atoms with Crippen LogP contribution in [0.5, 0.6) is 0 Å². The van der Waals surface area contributed by atoms with E-state index >= 15 is 0 Å². The number of nitrogens with one attached hydrogen (secondary N) is 1. The van der Waals surface area contributed by atoms with Gasteiger partial charge in [-0.05, 0) is 18.6 Å². The maximum absolute atomic E-state index is 13.2. The minimum Gasteiger partial charge on any atom is -0.327 e. The Morgan fingerprint density at radius 3 is 2.89 bits per heavy atom. The van der Waals surface area contributed by atoms with E-state index in [-0.39, 0.29) is 23.4 Å². The Kier molecular flexibility index (Phi) is 6.07. The van der Waals surface area contributed by atoms with Gasteiger partial charge in [0, 0.05) is 17.9 Å². The third-order valence-corrected chi connectivity index (χ3v) is 3.42. The highest BCUT2D eigenvalue weighted by atomic mass is 32.2. The first-order chi connectivity index (χ1) is 8.52. The van der Waals surface area contributed by atoms with E-state index in [9.17, 15) is 13.6 Å². The van der Waals surface area contributed by atoms with Gasteiger partial charge in [0.1, 0.15) is 11.6 Å². The Morgan fingerprint density at radius 1 is 1.50 bits per heavy atom. The summed E-state index contributed by atoms with van der Waals surface area (Å²) in [6.45, 7) is 1.97. The first-order valence-corrected chi connectivity index (χ1v) is 6.76. The second kappa shape index (κ2) is 7.33. The van der Waals surface area contributed by atoms with Crippen LogP contribution in [0, 0.1) is 11.6 Å². The fourth-order valence-corrected chi connectivity index (χ4v) is 2.11. The molecule has 0 spiro atoms. The molecule has 6 heteroatoms. The number of halogens is 2. The van der Waals surface area contributed by atoms with Crippen LogP contribution in [0.3, 0.4) is 0 Å². The van der Waals surface area contributed by atoms with E-state index in [1.165, 1.54) is 11.8 Å². The molecule has 1 aromatic rings. The number of amides is 1. The van der Waals surface area contributed by atoms with Gasteiger partial charge in [-0.15, -0.1) is 0 Å². The number of nitrogens with two attached hydrogens (primary N) is 1. The summed E-state index contributed by atoms with van der Waals surface area (Å²) in [5.41, 5.74) is 5.56. The van der Waals surface area contributed by atoms with Crippen molar-refractivity contribution in [1.82, 2.24) is 0 Å². The predicted octanol–water partition coefficient (Wildman–Crippen LogP) is 2.37. The van der Waals surface area contributed by atoms with Gasteiger partial charge in [-0.3, -0.25) is 4.79 Å². The zero-order chi connectivity index (χ0) is 13.5. The topological polar surface area (TPSA) is 55.1 Å². The average Bonchev–Trinajstić information content (AvgIpc) is 2.33. The van der Waals surface area contributed by atoms with Gasteiger partial charge >= 0.3 is 0 Å². The first-order valence-electron chi connectivity index (χ1n) is 5.61. The van der Waals surface area contributed by atoms with Gasteiger partial charge in [-0.1, -0.05) is 6.92 Å². The lowest BCUT2D eigenvalue weighted by Crippen LogP contribution is -2.23. The Hall–Kier alpha value is -1.14. The molecule has 0 fully saturated rings. The van der Waals surface area contributed by atoms with E-state index in [0.29, 0.717) is 5.75 Å². The second-order valence-electron chi connectivity index (χ2n) is 3.86. The van der Waals surface area contributed by atoms with E-state index in [1.54, 1.807) is 0 Å². The molecule has 1 unspecified atom stereocenters. The van der Waals surface area contributed by atoms with Crippen LogP contribution in [-0.2, 0) is 4.79 Å². The zero-order valence-electron chi connectivity index (χ0n) is 10.1. The van der Waals surface area contributed by atoms with Crippen molar-refractivity contribution < 1.29 is 13.6 Å². The van der Waals surface area contributed by atoms with E-state index in [4.69, 9.17) is 5.73 Å². The van der Waals surface area contributed by atoms with Crippen molar-refractivity contribution >= 4 is 23.4 Å². The summed E-state index contributed by atoms with van der Waals surface area (Å²) in [6.07, 6.45) is 0.840. The average molecular weight is 274 g/mol. The highest BCUT2D eigenvalue weighted by Crippen LogP contribution is 2.15. The van der Waals surface area contributed by atoms with Crippen LogP contribution in [0.1, 0.15) is 13.3 Å². The van der Waals surface area contributed by atoms with Crippen molar-refractivity contribution in [3.05, 3.63) is 29.8 Å². The molecule has 0 saturated carbocycles. The molecule has 1 atom stereocenters. The number of thioether (sulfide) groups is 1. The van der Waals surface area contributed by atoms with E-state index in [2.05, 4.69) is 5.32 Å². The van der Waals surface area contributed by atoms with Crippen molar-refractivity contribution in [3.63, 3.8) is 0 Å². The summed E-state index contributed by atoms with van der Waals surface area (Å²) in [6, 6.07) is 2.98. The molecule has 18 heavy (non-hydrogen) atoms. The first kappa shape index (κ1) is 14.9. The van der Waals surface area contributed by atoms with Crippen LogP contribution in [0.15, 0.2) is 18.2 Å². The number of carbonyl (C=O) groups excluding carboxylic acids is 1. The van der Waals surface area contributed by atoms with Gasteiger partial charge in [-0.2, -0.15) is 11.8 Å². The minimum atomic E-state index is -0.653. The third-order valence-electron chi connectivity index (χ3n) is 2.29. The molecule has 100 valence electrons. The van der Waals surface area contributed by atoms with Crippen LogP contribution >= 0.6 is 11.8 Å². The van der Waals surface area contributed by atoms with Crippen molar-refractivity contribution in [2.75, 3.05) is 16.8 Å². The van der Waals surface area contributed by atoms with Crippen molar-refractivity contribution in [2.45, 2.75) is 19.4 Å². The van der Waals surface area contributed by atoms with Crippen LogP contribution in [0.25, 0.3) is 0 Å². The Labute approximate surface area is 109 Å². The molecule has 3 nitrogen and oxygen atoms in total. The second-order valence-corrected chi connectivity index (χ2v) is 4.89. The summed E-state index contributed by atoms with van der Waals surface area (Å²) in [7, 11) is 0. The van der Waals surface area contributed by atoms with Crippen molar-refractivity contribution in [1.29, 1.82) is 0 Å². The van der Waals surface area contributed by atoms with Gasteiger partial charge in [0.05, 0.1) is 11.4 Å². The maximum atomic E-state index is 13.2. The van der Waals surface area contributed by atoms with Crippen molar-refractivity contribution in [3.8, 4) is 0 Å². The van der Waals surface area contributed by atoms with Crippen molar-refractivity contribution in [2.24, 2.45) is 5.73 Å². The number of hydrogen-bond donors (Lipinski definition) is 2.